The van der Waals surface area contributed by atoms with Gasteiger partial charge in [0.2, 0.25) is 9.84 Å². The maximum atomic E-state index is 12.7. The Kier molecular flexibility index (Phi) is 7.91. The van der Waals surface area contributed by atoms with Crippen LogP contribution >= 0.6 is 11.6 Å². The first-order valence-electron chi connectivity index (χ1n) is 8.85. The highest BCUT2D eigenvalue weighted by Gasteiger charge is 2.21. The fourth-order valence-corrected chi connectivity index (χ4v) is 3.78. The van der Waals surface area contributed by atoms with Crippen LogP contribution in [0.4, 0.5) is 0 Å². The van der Waals surface area contributed by atoms with E-state index in [1.54, 1.807) is 24.3 Å². The van der Waals surface area contributed by atoms with E-state index >= 15 is 0 Å². The van der Waals surface area contributed by atoms with Crippen LogP contribution in [-0.2, 0) is 9.84 Å². The van der Waals surface area contributed by atoms with Crippen LogP contribution in [0.15, 0.2) is 52.3 Å². The van der Waals surface area contributed by atoms with Crippen LogP contribution in [0.2, 0.25) is 5.02 Å². The fraction of sp³-hybridized carbons (Fsp3) is 0.286. The van der Waals surface area contributed by atoms with Crippen LogP contribution in [0.5, 0.6) is 11.5 Å². The summed E-state index contributed by atoms with van der Waals surface area (Å²) in [6, 6.07) is 12.5. The highest BCUT2D eigenvalue weighted by molar-refractivity contribution is 7.95. The van der Waals surface area contributed by atoms with Gasteiger partial charge in [-0.3, -0.25) is 0 Å². The lowest BCUT2D eigenvalue weighted by atomic mass is 10.2. The molecule has 2 rings (SSSR count). The number of benzene rings is 2. The summed E-state index contributed by atoms with van der Waals surface area (Å²) < 4.78 is 36.5. The molecular formula is C21H22ClNO4S. The predicted octanol–water partition coefficient (Wildman–Crippen LogP) is 5.26. The van der Waals surface area contributed by atoms with Crippen molar-refractivity contribution in [3.05, 3.63) is 58.0 Å². The molecule has 0 amide bonds. The maximum Gasteiger partial charge on any atom is 0.216 e. The molecule has 0 unspecified atom stereocenters. The molecule has 0 saturated carbocycles. The van der Waals surface area contributed by atoms with E-state index in [2.05, 4.69) is 6.92 Å². The van der Waals surface area contributed by atoms with Crippen molar-refractivity contribution in [2.75, 3.05) is 13.7 Å². The number of methoxy groups -OCH3 is 1. The molecule has 0 radical (unpaired) electrons. The molecule has 148 valence electrons. The second kappa shape index (κ2) is 10.2. The number of unbranched alkanes of at least 4 members (excludes halogenated alkanes) is 2. The van der Waals surface area contributed by atoms with E-state index in [9.17, 15) is 13.7 Å². The summed E-state index contributed by atoms with van der Waals surface area (Å²) in [4.78, 5) is -0.360. The molecule has 0 fully saturated rings. The standard InChI is InChI=1S/C21H22ClNO4S/c1-3-4-5-12-27-20-11-6-16(14-21(20)26-2)13-19(15-23)28(24,25)18-9-7-17(22)8-10-18/h6-11,13-14H,3-5,12H2,1-2H3. The Labute approximate surface area is 171 Å². The van der Waals surface area contributed by atoms with E-state index in [4.69, 9.17) is 21.1 Å². The second-order valence-corrected chi connectivity index (χ2v) is 8.40. The van der Waals surface area contributed by atoms with E-state index in [-0.39, 0.29) is 9.80 Å². The van der Waals surface area contributed by atoms with Crippen molar-refractivity contribution in [1.29, 1.82) is 5.26 Å². The molecule has 0 aliphatic rings. The van der Waals surface area contributed by atoms with Gasteiger partial charge in [0.25, 0.3) is 0 Å². The van der Waals surface area contributed by atoms with Crippen molar-refractivity contribution in [2.45, 2.75) is 31.1 Å². The number of nitriles is 1. The Morgan fingerprint density at radius 1 is 1.14 bits per heavy atom. The van der Waals surface area contributed by atoms with Gasteiger partial charge in [-0.25, -0.2) is 8.42 Å². The second-order valence-electron chi connectivity index (χ2n) is 6.04. The summed E-state index contributed by atoms with van der Waals surface area (Å²) >= 11 is 5.81. The molecular weight excluding hydrogens is 398 g/mol. The van der Waals surface area contributed by atoms with Gasteiger partial charge < -0.3 is 9.47 Å². The molecule has 28 heavy (non-hydrogen) atoms. The third kappa shape index (κ3) is 5.51. The van der Waals surface area contributed by atoms with Crippen molar-refractivity contribution in [3.8, 4) is 17.6 Å². The Balaban J connectivity index is 2.31. The average molecular weight is 420 g/mol. The molecule has 0 aliphatic heterocycles. The highest BCUT2D eigenvalue weighted by Crippen LogP contribution is 2.30. The van der Waals surface area contributed by atoms with E-state index in [1.807, 2.05) is 0 Å². The lowest BCUT2D eigenvalue weighted by Crippen LogP contribution is -2.03. The van der Waals surface area contributed by atoms with Crippen LogP contribution in [-0.4, -0.2) is 22.1 Å². The Hall–Kier alpha value is -2.49. The van der Waals surface area contributed by atoms with Gasteiger partial charge in [-0.1, -0.05) is 37.4 Å². The quantitative estimate of drug-likeness (QED) is 0.409. The SMILES string of the molecule is CCCCCOc1ccc(C=C(C#N)S(=O)(=O)c2ccc(Cl)cc2)cc1OC. The van der Waals surface area contributed by atoms with Gasteiger partial charge in [0.1, 0.15) is 11.0 Å². The molecule has 0 spiro atoms. The maximum absolute atomic E-state index is 12.7. The molecule has 0 heterocycles. The van der Waals surface area contributed by atoms with Gasteiger partial charge in [-0.05, 0) is 54.5 Å². The van der Waals surface area contributed by atoms with Gasteiger partial charge in [-0.15, -0.1) is 0 Å². The zero-order chi connectivity index (χ0) is 20.6. The number of sulfone groups is 1. The van der Waals surface area contributed by atoms with E-state index in [1.165, 1.54) is 37.5 Å². The molecule has 2 aromatic carbocycles. The molecule has 0 aliphatic carbocycles. The summed E-state index contributed by atoms with van der Waals surface area (Å²) in [6.07, 6.45) is 4.44. The van der Waals surface area contributed by atoms with Gasteiger partial charge >= 0.3 is 0 Å². The van der Waals surface area contributed by atoms with Crippen molar-refractivity contribution < 1.29 is 17.9 Å². The number of rotatable bonds is 9. The minimum Gasteiger partial charge on any atom is -0.493 e. The zero-order valence-electron chi connectivity index (χ0n) is 15.8. The topological polar surface area (TPSA) is 76.4 Å². The van der Waals surface area contributed by atoms with E-state index in [0.717, 1.165) is 19.3 Å². The first kappa shape index (κ1) is 21.8. The monoisotopic (exact) mass is 419 g/mol. The number of halogens is 1. The molecule has 0 aromatic heterocycles. The van der Waals surface area contributed by atoms with Gasteiger partial charge in [0.15, 0.2) is 11.5 Å². The van der Waals surface area contributed by atoms with Gasteiger partial charge in [-0.2, -0.15) is 5.26 Å². The van der Waals surface area contributed by atoms with Crippen molar-refractivity contribution in [2.24, 2.45) is 0 Å². The third-order valence-electron chi connectivity index (χ3n) is 4.01. The molecule has 7 heteroatoms. The van der Waals surface area contributed by atoms with Crippen molar-refractivity contribution in [3.63, 3.8) is 0 Å². The third-order valence-corrected chi connectivity index (χ3v) is 5.95. The van der Waals surface area contributed by atoms with Crippen LogP contribution in [0.1, 0.15) is 31.7 Å². The Morgan fingerprint density at radius 2 is 1.86 bits per heavy atom. The molecule has 2 aromatic rings. The van der Waals surface area contributed by atoms with Crippen LogP contribution in [0.25, 0.3) is 6.08 Å². The van der Waals surface area contributed by atoms with Crippen LogP contribution in [0, 0.1) is 11.3 Å². The van der Waals surface area contributed by atoms with E-state index < -0.39 is 9.84 Å². The summed E-state index contributed by atoms with van der Waals surface area (Å²) in [7, 11) is -2.44. The molecule has 0 N–H and O–H groups in total. The summed E-state index contributed by atoms with van der Waals surface area (Å²) in [5.74, 6) is 1.06. The van der Waals surface area contributed by atoms with Crippen molar-refractivity contribution >= 4 is 27.5 Å². The smallest absolute Gasteiger partial charge is 0.216 e. The Morgan fingerprint density at radius 3 is 2.46 bits per heavy atom. The molecule has 0 bridgehead atoms. The average Bonchev–Trinajstić information content (AvgIpc) is 2.70. The normalized spacial score (nSPS) is 11.7. The number of hydrogen-bond acceptors (Lipinski definition) is 5. The minimum atomic E-state index is -3.95. The lowest BCUT2D eigenvalue weighted by molar-refractivity contribution is 0.286. The highest BCUT2D eigenvalue weighted by atomic mass is 35.5. The van der Waals surface area contributed by atoms with Gasteiger partial charge in [0.05, 0.1) is 18.6 Å². The molecule has 0 saturated heterocycles. The summed E-state index contributed by atoms with van der Waals surface area (Å²) in [5, 5.41) is 9.82. The first-order chi connectivity index (χ1) is 13.4. The van der Waals surface area contributed by atoms with Gasteiger partial charge in [0, 0.05) is 5.02 Å². The van der Waals surface area contributed by atoms with Crippen molar-refractivity contribution in [1.82, 2.24) is 0 Å². The van der Waals surface area contributed by atoms with E-state index in [0.29, 0.717) is 28.7 Å². The predicted molar refractivity (Wildman–Crippen MR) is 110 cm³/mol. The Bertz CT molecular complexity index is 976. The lowest BCUT2D eigenvalue weighted by Gasteiger charge is -2.11. The summed E-state index contributed by atoms with van der Waals surface area (Å²) in [5.41, 5.74) is 0.520. The number of nitrogens with zero attached hydrogens (tertiary/aromatic N) is 1. The van der Waals surface area contributed by atoms with Crippen LogP contribution in [0.3, 0.4) is 0 Å². The molecule has 5 nitrogen and oxygen atoms in total. The minimum absolute atomic E-state index is 0.00698. The number of hydrogen-bond donors (Lipinski definition) is 0. The largest absolute Gasteiger partial charge is 0.493 e. The number of allylic oxidation sites excluding steroid dienone is 1. The zero-order valence-corrected chi connectivity index (χ0v) is 17.4. The fourth-order valence-electron chi connectivity index (χ4n) is 2.49. The first-order valence-corrected chi connectivity index (χ1v) is 10.7. The number of ether oxygens (including phenoxy) is 2. The summed E-state index contributed by atoms with van der Waals surface area (Å²) in [6.45, 7) is 2.69. The van der Waals surface area contributed by atoms with Crippen LogP contribution < -0.4 is 9.47 Å². The molecule has 0 atom stereocenters.